The molecule has 0 spiro atoms. The number of hydrogen-bond donors (Lipinski definition) is 0. The molecule has 7 heteroatoms. The van der Waals surface area contributed by atoms with Gasteiger partial charge in [-0.05, 0) is 23.8 Å². The van der Waals surface area contributed by atoms with Crippen molar-refractivity contribution in [2.75, 3.05) is 13.2 Å². The second-order valence-corrected chi connectivity index (χ2v) is 5.05. The highest BCUT2D eigenvalue weighted by atomic mass is 35.5. The second kappa shape index (κ2) is 6.11. The maximum Gasteiger partial charge on any atom is 0.273 e. The average Bonchev–Trinajstić information content (AvgIpc) is 2.53. The first kappa shape index (κ1) is 14.5. The number of nitro benzene ring substituents is 1. The number of benzene rings is 2. The monoisotopic (exact) mass is 321 g/mol. The summed E-state index contributed by atoms with van der Waals surface area (Å²) in [5.41, 5.74) is 0.776. The molecule has 22 heavy (non-hydrogen) atoms. The average molecular weight is 322 g/mol. The standard InChI is InChI=1S/C15H12ClNO5/c16-13-6-10(7-14-15(13)21-5-4-20-14)9-22-12-3-1-2-11(8-12)17(18)19/h1-3,6-8H,4-5,9H2. The molecule has 0 unspecified atom stereocenters. The lowest BCUT2D eigenvalue weighted by Gasteiger charge is -2.20. The molecule has 2 aromatic rings. The number of ether oxygens (including phenoxy) is 3. The van der Waals surface area contributed by atoms with Gasteiger partial charge < -0.3 is 14.2 Å². The summed E-state index contributed by atoms with van der Waals surface area (Å²) in [6.07, 6.45) is 0. The van der Waals surface area contributed by atoms with Gasteiger partial charge in [0.25, 0.3) is 5.69 Å². The van der Waals surface area contributed by atoms with Crippen LogP contribution in [0.2, 0.25) is 5.02 Å². The van der Waals surface area contributed by atoms with Gasteiger partial charge in [-0.15, -0.1) is 0 Å². The molecule has 0 bridgehead atoms. The predicted octanol–water partition coefficient (Wildman–Crippen LogP) is 3.60. The molecule has 114 valence electrons. The fourth-order valence-corrected chi connectivity index (χ4v) is 2.39. The van der Waals surface area contributed by atoms with E-state index >= 15 is 0 Å². The summed E-state index contributed by atoms with van der Waals surface area (Å²) in [4.78, 5) is 10.3. The quantitative estimate of drug-likeness (QED) is 0.635. The van der Waals surface area contributed by atoms with Crippen molar-refractivity contribution in [2.45, 2.75) is 6.61 Å². The summed E-state index contributed by atoms with van der Waals surface area (Å²) in [7, 11) is 0. The number of nitrogens with zero attached hydrogens (tertiary/aromatic N) is 1. The Morgan fingerprint density at radius 1 is 1.23 bits per heavy atom. The molecule has 0 fully saturated rings. The Hall–Kier alpha value is -2.47. The first-order chi connectivity index (χ1) is 10.6. The molecule has 0 amide bonds. The summed E-state index contributed by atoms with van der Waals surface area (Å²) in [5, 5.41) is 11.2. The highest BCUT2D eigenvalue weighted by molar-refractivity contribution is 6.32. The van der Waals surface area contributed by atoms with E-state index in [4.69, 9.17) is 25.8 Å². The molecule has 0 saturated heterocycles. The van der Waals surface area contributed by atoms with E-state index in [2.05, 4.69) is 0 Å². The van der Waals surface area contributed by atoms with Crippen LogP contribution in [0.4, 0.5) is 5.69 Å². The smallest absolute Gasteiger partial charge is 0.273 e. The fourth-order valence-electron chi connectivity index (χ4n) is 2.10. The normalized spacial score (nSPS) is 12.8. The van der Waals surface area contributed by atoms with E-state index < -0.39 is 4.92 Å². The zero-order valence-electron chi connectivity index (χ0n) is 11.5. The second-order valence-electron chi connectivity index (χ2n) is 4.64. The number of nitro groups is 1. The Labute approximate surface area is 131 Å². The van der Waals surface area contributed by atoms with Gasteiger partial charge in [-0.2, -0.15) is 0 Å². The Morgan fingerprint density at radius 3 is 2.86 bits per heavy atom. The summed E-state index contributed by atoms with van der Waals surface area (Å²) in [5.74, 6) is 1.53. The third kappa shape index (κ3) is 3.07. The van der Waals surface area contributed by atoms with Crippen molar-refractivity contribution in [1.82, 2.24) is 0 Å². The molecular formula is C15H12ClNO5. The number of hydrogen-bond acceptors (Lipinski definition) is 5. The molecule has 0 atom stereocenters. The van der Waals surface area contributed by atoms with Crippen LogP contribution in [0.3, 0.4) is 0 Å². The maximum atomic E-state index is 10.7. The van der Waals surface area contributed by atoms with Crippen LogP contribution in [-0.4, -0.2) is 18.1 Å². The zero-order valence-corrected chi connectivity index (χ0v) is 12.2. The van der Waals surface area contributed by atoms with E-state index in [1.165, 1.54) is 12.1 Å². The van der Waals surface area contributed by atoms with Crippen molar-refractivity contribution in [3.05, 3.63) is 57.1 Å². The van der Waals surface area contributed by atoms with Gasteiger partial charge >= 0.3 is 0 Å². The maximum absolute atomic E-state index is 10.7. The van der Waals surface area contributed by atoms with Crippen molar-refractivity contribution in [1.29, 1.82) is 0 Å². The van der Waals surface area contributed by atoms with Crippen molar-refractivity contribution < 1.29 is 19.1 Å². The number of rotatable bonds is 4. The third-order valence-electron chi connectivity index (χ3n) is 3.09. The molecule has 1 heterocycles. The van der Waals surface area contributed by atoms with Crippen LogP contribution in [0.1, 0.15) is 5.56 Å². The predicted molar refractivity (Wildman–Crippen MR) is 79.9 cm³/mol. The van der Waals surface area contributed by atoms with Crippen LogP contribution in [0.15, 0.2) is 36.4 Å². The number of fused-ring (bicyclic) bond motifs is 1. The van der Waals surface area contributed by atoms with E-state index in [1.807, 2.05) is 0 Å². The van der Waals surface area contributed by atoms with Gasteiger partial charge in [0.15, 0.2) is 11.5 Å². The molecule has 0 aliphatic carbocycles. The Balaban J connectivity index is 1.75. The summed E-state index contributed by atoms with van der Waals surface area (Å²) in [6.45, 7) is 1.16. The molecule has 0 N–H and O–H groups in total. The van der Waals surface area contributed by atoms with Gasteiger partial charge in [0, 0.05) is 6.07 Å². The SMILES string of the molecule is O=[N+]([O-])c1cccc(OCc2cc(Cl)c3c(c2)OCCO3)c1. The van der Waals surface area contributed by atoms with Crippen molar-refractivity contribution in [3.8, 4) is 17.2 Å². The van der Waals surface area contributed by atoms with E-state index in [9.17, 15) is 10.1 Å². The molecule has 6 nitrogen and oxygen atoms in total. The topological polar surface area (TPSA) is 70.8 Å². The van der Waals surface area contributed by atoms with Crippen LogP contribution in [0.25, 0.3) is 0 Å². The van der Waals surface area contributed by atoms with Crippen LogP contribution < -0.4 is 14.2 Å². The molecule has 2 aromatic carbocycles. The largest absolute Gasteiger partial charge is 0.489 e. The molecule has 0 aromatic heterocycles. The van der Waals surface area contributed by atoms with E-state index in [0.29, 0.717) is 35.5 Å². The lowest BCUT2D eigenvalue weighted by Crippen LogP contribution is -2.16. The van der Waals surface area contributed by atoms with Gasteiger partial charge in [0.2, 0.25) is 0 Å². The minimum Gasteiger partial charge on any atom is -0.489 e. The Kier molecular flexibility index (Phi) is 4.02. The van der Waals surface area contributed by atoms with Crippen LogP contribution >= 0.6 is 11.6 Å². The third-order valence-corrected chi connectivity index (χ3v) is 3.37. The van der Waals surface area contributed by atoms with Gasteiger partial charge in [-0.3, -0.25) is 10.1 Å². The van der Waals surface area contributed by atoms with Gasteiger partial charge in [0.1, 0.15) is 25.6 Å². The highest BCUT2D eigenvalue weighted by Crippen LogP contribution is 2.38. The summed E-state index contributed by atoms with van der Waals surface area (Å²) in [6, 6.07) is 9.54. The molecule has 0 saturated carbocycles. The minimum absolute atomic E-state index is 0.0160. The van der Waals surface area contributed by atoms with Crippen molar-refractivity contribution in [2.24, 2.45) is 0 Å². The number of halogens is 1. The number of non-ortho nitro benzene ring substituents is 1. The fraction of sp³-hybridized carbons (Fsp3) is 0.200. The molecule has 0 radical (unpaired) electrons. The lowest BCUT2D eigenvalue weighted by molar-refractivity contribution is -0.384. The molecule has 1 aliphatic heterocycles. The van der Waals surface area contributed by atoms with Crippen molar-refractivity contribution >= 4 is 17.3 Å². The molecule has 3 rings (SSSR count). The van der Waals surface area contributed by atoms with E-state index in [-0.39, 0.29) is 12.3 Å². The molecule has 1 aliphatic rings. The Bertz CT molecular complexity index is 719. The summed E-state index contributed by atoms with van der Waals surface area (Å²) < 4.78 is 16.5. The van der Waals surface area contributed by atoms with E-state index in [1.54, 1.807) is 24.3 Å². The zero-order chi connectivity index (χ0) is 15.5. The van der Waals surface area contributed by atoms with Crippen LogP contribution in [0, 0.1) is 10.1 Å². The van der Waals surface area contributed by atoms with E-state index in [0.717, 1.165) is 5.56 Å². The van der Waals surface area contributed by atoms with Crippen LogP contribution in [0.5, 0.6) is 17.2 Å². The van der Waals surface area contributed by atoms with Gasteiger partial charge in [0.05, 0.1) is 16.0 Å². The highest BCUT2D eigenvalue weighted by Gasteiger charge is 2.17. The minimum atomic E-state index is -0.464. The first-order valence-corrected chi connectivity index (χ1v) is 6.96. The Morgan fingerprint density at radius 2 is 2.05 bits per heavy atom. The summed E-state index contributed by atoms with van der Waals surface area (Å²) >= 11 is 6.15. The molecular weight excluding hydrogens is 310 g/mol. The lowest BCUT2D eigenvalue weighted by atomic mass is 10.2. The van der Waals surface area contributed by atoms with Gasteiger partial charge in [-0.1, -0.05) is 17.7 Å². The first-order valence-electron chi connectivity index (χ1n) is 6.59. The van der Waals surface area contributed by atoms with Crippen LogP contribution in [-0.2, 0) is 6.61 Å². The van der Waals surface area contributed by atoms with Gasteiger partial charge in [-0.25, -0.2) is 0 Å². The van der Waals surface area contributed by atoms with Crippen molar-refractivity contribution in [3.63, 3.8) is 0 Å².